The van der Waals surface area contributed by atoms with Gasteiger partial charge in [0.05, 0.1) is 11.9 Å². The zero-order chi connectivity index (χ0) is 14.3. The normalized spacial score (nSPS) is 11.3. The van der Waals surface area contributed by atoms with Crippen LogP contribution in [0, 0.1) is 0 Å². The second-order valence-corrected chi connectivity index (χ2v) is 5.68. The summed E-state index contributed by atoms with van der Waals surface area (Å²) in [6.07, 6.45) is 4.78. The highest BCUT2D eigenvalue weighted by molar-refractivity contribution is 7.20. The molecule has 3 rings (SSSR count). The molecule has 0 saturated heterocycles. The average Bonchev–Trinajstić information content (AvgIpc) is 2.97. The molecule has 0 aliphatic heterocycles. The van der Waals surface area contributed by atoms with Gasteiger partial charge in [-0.3, -0.25) is 4.98 Å². The van der Waals surface area contributed by atoms with Gasteiger partial charge in [-0.1, -0.05) is 13.8 Å². The maximum Gasteiger partial charge on any atom is 0.345 e. The van der Waals surface area contributed by atoms with Crippen molar-refractivity contribution in [3.63, 3.8) is 0 Å². The van der Waals surface area contributed by atoms with Gasteiger partial charge in [0, 0.05) is 17.8 Å². The third-order valence-electron chi connectivity index (χ3n) is 2.91. The molecule has 102 valence electrons. The lowest BCUT2D eigenvalue weighted by Crippen LogP contribution is -2.01. The molecule has 0 saturated carbocycles. The van der Waals surface area contributed by atoms with E-state index in [9.17, 15) is 4.79 Å². The van der Waals surface area contributed by atoms with Crippen molar-refractivity contribution >= 4 is 27.5 Å². The quantitative estimate of drug-likeness (QED) is 0.801. The SMILES string of the molecule is CC(C)c1nn(-c2cnccn2)c2sc(C(=O)O)cc12. The minimum Gasteiger partial charge on any atom is -0.477 e. The van der Waals surface area contributed by atoms with Crippen molar-refractivity contribution < 1.29 is 9.90 Å². The van der Waals surface area contributed by atoms with Crippen LogP contribution in [0.1, 0.15) is 35.1 Å². The van der Waals surface area contributed by atoms with E-state index in [0.717, 1.165) is 15.9 Å². The molecule has 7 heteroatoms. The fraction of sp³-hybridized carbons (Fsp3) is 0.231. The summed E-state index contributed by atoms with van der Waals surface area (Å²) in [5.74, 6) is -0.138. The van der Waals surface area contributed by atoms with Crippen molar-refractivity contribution in [2.75, 3.05) is 0 Å². The third kappa shape index (κ3) is 1.96. The van der Waals surface area contributed by atoms with Crippen LogP contribution in [0.3, 0.4) is 0 Å². The lowest BCUT2D eigenvalue weighted by Gasteiger charge is -2.01. The van der Waals surface area contributed by atoms with Gasteiger partial charge in [-0.05, 0) is 12.0 Å². The Balaban J connectivity index is 2.29. The van der Waals surface area contributed by atoms with E-state index in [1.165, 1.54) is 11.3 Å². The van der Waals surface area contributed by atoms with Crippen LogP contribution in [0.5, 0.6) is 0 Å². The summed E-state index contributed by atoms with van der Waals surface area (Å²) in [4.78, 5) is 20.5. The molecular weight excluding hydrogens is 276 g/mol. The second-order valence-electron chi connectivity index (χ2n) is 4.65. The average molecular weight is 288 g/mol. The number of aromatic nitrogens is 4. The highest BCUT2D eigenvalue weighted by Gasteiger charge is 2.20. The molecule has 0 bridgehead atoms. The molecule has 0 aliphatic rings. The van der Waals surface area contributed by atoms with E-state index in [-0.39, 0.29) is 5.92 Å². The van der Waals surface area contributed by atoms with E-state index in [4.69, 9.17) is 5.11 Å². The van der Waals surface area contributed by atoms with Gasteiger partial charge >= 0.3 is 5.97 Å². The van der Waals surface area contributed by atoms with Gasteiger partial charge in [-0.25, -0.2) is 14.5 Å². The van der Waals surface area contributed by atoms with Gasteiger partial charge in [0.1, 0.15) is 9.71 Å². The molecule has 0 unspecified atom stereocenters. The van der Waals surface area contributed by atoms with Crippen molar-refractivity contribution in [2.45, 2.75) is 19.8 Å². The summed E-state index contributed by atoms with van der Waals surface area (Å²) in [6, 6.07) is 1.68. The maximum atomic E-state index is 11.2. The van der Waals surface area contributed by atoms with Gasteiger partial charge < -0.3 is 5.11 Å². The third-order valence-corrected chi connectivity index (χ3v) is 4.01. The monoisotopic (exact) mass is 288 g/mol. The molecule has 0 fully saturated rings. The summed E-state index contributed by atoms with van der Waals surface area (Å²) < 4.78 is 1.66. The zero-order valence-electron chi connectivity index (χ0n) is 10.9. The van der Waals surface area contributed by atoms with E-state index < -0.39 is 5.97 Å². The fourth-order valence-corrected chi connectivity index (χ4v) is 2.98. The highest BCUT2D eigenvalue weighted by Crippen LogP contribution is 2.33. The van der Waals surface area contributed by atoms with Gasteiger partial charge in [-0.2, -0.15) is 5.10 Å². The van der Waals surface area contributed by atoms with Crippen molar-refractivity contribution in [1.82, 2.24) is 19.7 Å². The Morgan fingerprint density at radius 1 is 1.40 bits per heavy atom. The van der Waals surface area contributed by atoms with Crippen LogP contribution in [0.15, 0.2) is 24.7 Å². The molecule has 3 aromatic heterocycles. The first-order valence-electron chi connectivity index (χ1n) is 6.10. The first-order chi connectivity index (χ1) is 9.58. The predicted octanol–water partition coefficient (Wildman–Crippen LogP) is 2.70. The predicted molar refractivity (Wildman–Crippen MR) is 75.6 cm³/mol. The molecule has 6 nitrogen and oxygen atoms in total. The summed E-state index contributed by atoms with van der Waals surface area (Å²) >= 11 is 1.20. The molecule has 0 radical (unpaired) electrons. The molecule has 0 atom stereocenters. The van der Waals surface area contributed by atoms with Crippen LogP contribution in [0.25, 0.3) is 16.0 Å². The highest BCUT2D eigenvalue weighted by atomic mass is 32.1. The van der Waals surface area contributed by atoms with Crippen LogP contribution >= 0.6 is 11.3 Å². The Labute approximate surface area is 118 Å². The van der Waals surface area contributed by atoms with Crippen LogP contribution in [-0.2, 0) is 0 Å². The fourth-order valence-electron chi connectivity index (χ4n) is 2.02. The summed E-state index contributed by atoms with van der Waals surface area (Å²) in [6.45, 7) is 4.06. The number of carboxylic acid groups (broad SMARTS) is 1. The van der Waals surface area contributed by atoms with Crippen molar-refractivity contribution in [3.8, 4) is 5.82 Å². The van der Waals surface area contributed by atoms with E-state index >= 15 is 0 Å². The molecule has 0 aliphatic carbocycles. The molecule has 0 spiro atoms. The lowest BCUT2D eigenvalue weighted by molar-refractivity contribution is 0.0702. The van der Waals surface area contributed by atoms with Crippen LogP contribution in [-0.4, -0.2) is 30.8 Å². The minimum absolute atomic E-state index is 0.201. The molecular formula is C13H12N4O2S. The summed E-state index contributed by atoms with van der Waals surface area (Å²) in [7, 11) is 0. The number of nitrogens with zero attached hydrogens (tertiary/aromatic N) is 4. The van der Waals surface area contributed by atoms with Gasteiger partial charge in [0.15, 0.2) is 5.82 Å². The minimum atomic E-state index is -0.924. The Kier molecular flexibility index (Phi) is 2.98. The Morgan fingerprint density at radius 3 is 2.80 bits per heavy atom. The number of carbonyl (C=O) groups is 1. The molecule has 3 aromatic rings. The number of fused-ring (bicyclic) bond motifs is 1. The molecule has 0 amide bonds. The van der Waals surface area contributed by atoms with E-state index in [1.54, 1.807) is 29.3 Å². The van der Waals surface area contributed by atoms with Gasteiger partial charge in [0.2, 0.25) is 0 Å². The topological polar surface area (TPSA) is 80.9 Å². The summed E-state index contributed by atoms with van der Waals surface area (Å²) in [5.41, 5.74) is 0.870. The van der Waals surface area contributed by atoms with Crippen molar-refractivity contribution in [1.29, 1.82) is 0 Å². The standard InChI is InChI=1S/C13H12N4O2S/c1-7(2)11-8-5-9(13(18)19)20-12(8)17(16-11)10-6-14-3-4-15-10/h3-7H,1-2H3,(H,18,19). The van der Waals surface area contributed by atoms with Crippen LogP contribution < -0.4 is 0 Å². The Bertz CT molecular complexity index is 776. The number of carboxylic acids is 1. The molecule has 0 aromatic carbocycles. The van der Waals surface area contributed by atoms with Crippen molar-refractivity contribution in [3.05, 3.63) is 35.2 Å². The van der Waals surface area contributed by atoms with Gasteiger partial charge in [-0.15, -0.1) is 11.3 Å². The maximum absolute atomic E-state index is 11.2. The Hall–Kier alpha value is -2.28. The smallest absolute Gasteiger partial charge is 0.345 e. The summed E-state index contributed by atoms with van der Waals surface area (Å²) in [5, 5.41) is 14.6. The van der Waals surface area contributed by atoms with Crippen molar-refractivity contribution in [2.24, 2.45) is 0 Å². The number of thiophene rings is 1. The zero-order valence-corrected chi connectivity index (χ0v) is 11.8. The number of rotatable bonds is 3. The van der Waals surface area contributed by atoms with Crippen LogP contribution in [0.2, 0.25) is 0 Å². The van der Waals surface area contributed by atoms with E-state index in [1.807, 2.05) is 13.8 Å². The molecule has 20 heavy (non-hydrogen) atoms. The molecule has 3 heterocycles. The first-order valence-corrected chi connectivity index (χ1v) is 6.91. The largest absolute Gasteiger partial charge is 0.477 e. The van der Waals surface area contributed by atoms with E-state index in [0.29, 0.717) is 10.7 Å². The number of hydrogen-bond donors (Lipinski definition) is 1. The van der Waals surface area contributed by atoms with E-state index in [2.05, 4.69) is 15.1 Å². The Morgan fingerprint density at radius 2 is 2.20 bits per heavy atom. The van der Waals surface area contributed by atoms with Crippen LogP contribution in [0.4, 0.5) is 0 Å². The molecule has 1 N–H and O–H groups in total. The first kappa shape index (κ1) is 12.7. The second kappa shape index (κ2) is 4.68. The van der Waals surface area contributed by atoms with Gasteiger partial charge in [0.25, 0.3) is 0 Å². The number of hydrogen-bond acceptors (Lipinski definition) is 5. The number of aromatic carboxylic acids is 1. The lowest BCUT2D eigenvalue weighted by atomic mass is 10.1.